The fourth-order valence-electron chi connectivity index (χ4n) is 2.40. The second-order valence-corrected chi connectivity index (χ2v) is 8.04. The predicted molar refractivity (Wildman–Crippen MR) is 85.8 cm³/mol. The number of sulfonamides is 1. The first kappa shape index (κ1) is 17.0. The number of amides is 1. The summed E-state index contributed by atoms with van der Waals surface area (Å²) in [6.07, 6.45) is 1.62. The molecule has 128 valence electrons. The van der Waals surface area contributed by atoms with Crippen LogP contribution in [-0.4, -0.2) is 25.9 Å². The highest BCUT2D eigenvalue weighted by Crippen LogP contribution is 2.30. The molecule has 9 heteroatoms. The molecule has 1 aliphatic rings. The summed E-state index contributed by atoms with van der Waals surface area (Å²) >= 11 is 1.25. The summed E-state index contributed by atoms with van der Waals surface area (Å²) in [5.41, 5.74) is 0.444. The molecule has 1 atom stereocenters. The molecular weight excluding hydrogens is 355 g/mol. The van der Waals surface area contributed by atoms with Crippen molar-refractivity contribution in [2.24, 2.45) is 0 Å². The molecule has 1 amide bonds. The Kier molecular flexibility index (Phi) is 4.66. The van der Waals surface area contributed by atoms with E-state index >= 15 is 0 Å². The zero-order chi connectivity index (χ0) is 17.3. The van der Waals surface area contributed by atoms with E-state index in [0.717, 1.165) is 18.9 Å². The van der Waals surface area contributed by atoms with Gasteiger partial charge in [0.25, 0.3) is 15.9 Å². The molecule has 2 heterocycles. The lowest BCUT2D eigenvalue weighted by Gasteiger charge is -2.07. The second kappa shape index (κ2) is 6.58. The Morgan fingerprint density at radius 1 is 1.42 bits per heavy atom. The highest BCUT2D eigenvalue weighted by atomic mass is 32.2. The topological polar surface area (TPSA) is 85.4 Å². The van der Waals surface area contributed by atoms with Crippen LogP contribution in [-0.2, 0) is 14.8 Å². The fourth-order valence-corrected chi connectivity index (χ4v) is 4.36. The molecule has 0 spiro atoms. The van der Waals surface area contributed by atoms with Crippen LogP contribution in [0.3, 0.4) is 0 Å². The zero-order valence-electron chi connectivity index (χ0n) is 12.8. The molecule has 0 radical (unpaired) electrons. The van der Waals surface area contributed by atoms with E-state index in [9.17, 15) is 17.6 Å². The average Bonchev–Trinajstić information content (AvgIpc) is 3.17. The van der Waals surface area contributed by atoms with Crippen LogP contribution in [0.25, 0.3) is 0 Å². The van der Waals surface area contributed by atoms with Crippen LogP contribution >= 0.6 is 11.3 Å². The van der Waals surface area contributed by atoms with Gasteiger partial charge in [0.2, 0.25) is 0 Å². The summed E-state index contributed by atoms with van der Waals surface area (Å²) in [6, 6.07) is 3.36. The number of hydrogen-bond donors (Lipinski definition) is 1. The van der Waals surface area contributed by atoms with Crippen molar-refractivity contribution in [3.8, 4) is 0 Å². The molecule has 24 heavy (non-hydrogen) atoms. The summed E-state index contributed by atoms with van der Waals surface area (Å²) < 4.78 is 45.3. The monoisotopic (exact) mass is 370 g/mol. The first-order valence-corrected chi connectivity index (χ1v) is 9.63. The third kappa shape index (κ3) is 3.63. The van der Waals surface area contributed by atoms with E-state index in [4.69, 9.17) is 4.74 Å². The number of benzene rings is 1. The summed E-state index contributed by atoms with van der Waals surface area (Å²) in [7, 11) is -4.17. The van der Waals surface area contributed by atoms with Gasteiger partial charge >= 0.3 is 0 Å². The smallest absolute Gasteiger partial charge is 0.284 e. The van der Waals surface area contributed by atoms with Crippen molar-refractivity contribution in [2.45, 2.75) is 30.8 Å². The van der Waals surface area contributed by atoms with Crippen molar-refractivity contribution >= 4 is 27.3 Å². The van der Waals surface area contributed by atoms with Gasteiger partial charge in [0.15, 0.2) is 0 Å². The van der Waals surface area contributed by atoms with Crippen molar-refractivity contribution in [1.82, 2.24) is 9.71 Å². The van der Waals surface area contributed by atoms with Crippen molar-refractivity contribution in [2.75, 3.05) is 6.61 Å². The Morgan fingerprint density at radius 3 is 2.88 bits per heavy atom. The van der Waals surface area contributed by atoms with E-state index in [2.05, 4.69) is 4.98 Å². The van der Waals surface area contributed by atoms with Crippen molar-refractivity contribution in [1.29, 1.82) is 0 Å². The van der Waals surface area contributed by atoms with Gasteiger partial charge in [-0.2, -0.15) is 0 Å². The first-order chi connectivity index (χ1) is 11.3. The molecular formula is C15H15FN2O4S2. The normalized spacial score (nSPS) is 17.8. The summed E-state index contributed by atoms with van der Waals surface area (Å²) in [6.45, 7) is 2.22. The molecule has 0 saturated carbocycles. The van der Waals surface area contributed by atoms with Gasteiger partial charge in [0.05, 0.1) is 4.90 Å². The number of carbonyl (C=O) groups excluding carboxylic acids is 1. The Bertz CT molecular complexity index is 853. The van der Waals surface area contributed by atoms with Gasteiger partial charge in [-0.15, -0.1) is 11.3 Å². The Balaban J connectivity index is 1.78. The van der Waals surface area contributed by atoms with Gasteiger partial charge in [-0.05, 0) is 43.5 Å². The van der Waals surface area contributed by atoms with E-state index in [0.29, 0.717) is 17.2 Å². The van der Waals surface area contributed by atoms with Gasteiger partial charge in [-0.25, -0.2) is 22.5 Å². The summed E-state index contributed by atoms with van der Waals surface area (Å²) in [5.74, 6) is -1.53. The number of carbonyl (C=O) groups is 1. The van der Waals surface area contributed by atoms with E-state index in [1.54, 1.807) is 6.92 Å². The van der Waals surface area contributed by atoms with Crippen molar-refractivity contribution in [3.05, 3.63) is 45.7 Å². The van der Waals surface area contributed by atoms with Crippen LogP contribution in [0, 0.1) is 12.7 Å². The number of halogens is 1. The maximum absolute atomic E-state index is 13.4. The molecule has 1 saturated heterocycles. The van der Waals surface area contributed by atoms with Crippen LogP contribution in [0.1, 0.15) is 40.0 Å². The number of ether oxygens (including phenoxy) is 1. The Hall–Kier alpha value is -1.84. The molecule has 1 fully saturated rings. The van der Waals surface area contributed by atoms with Crippen LogP contribution in [0.15, 0.2) is 28.5 Å². The quantitative estimate of drug-likeness (QED) is 0.894. The van der Waals surface area contributed by atoms with Gasteiger partial charge in [0, 0.05) is 12.0 Å². The third-order valence-electron chi connectivity index (χ3n) is 3.51. The number of thiazole rings is 1. The summed E-state index contributed by atoms with van der Waals surface area (Å²) in [4.78, 5) is 16.0. The van der Waals surface area contributed by atoms with Gasteiger partial charge < -0.3 is 4.74 Å². The molecule has 6 nitrogen and oxygen atoms in total. The molecule has 0 bridgehead atoms. The third-order valence-corrected chi connectivity index (χ3v) is 5.76. The average molecular weight is 370 g/mol. The standard InChI is InChI=1S/C15H15FN2O4S2/c1-9-5-10(16)7-11(6-9)24(20,21)18-14(19)12-8-23-15(17-12)13-3-2-4-22-13/h5-8,13H,2-4H2,1H3,(H,18,19). The minimum atomic E-state index is -4.17. The van der Waals surface area contributed by atoms with Crippen LogP contribution in [0.2, 0.25) is 0 Å². The zero-order valence-corrected chi connectivity index (χ0v) is 14.4. The fraction of sp³-hybridized carbons (Fsp3) is 0.333. The van der Waals surface area contributed by atoms with Gasteiger partial charge in [0.1, 0.15) is 22.6 Å². The molecule has 0 aliphatic carbocycles. The second-order valence-electron chi connectivity index (χ2n) is 5.47. The molecule has 2 aromatic rings. The molecule has 3 rings (SSSR count). The lowest BCUT2D eigenvalue weighted by molar-refractivity contribution is 0.0973. The largest absolute Gasteiger partial charge is 0.371 e. The predicted octanol–water partition coefficient (Wildman–Crippen LogP) is 2.56. The van der Waals surface area contributed by atoms with Crippen molar-refractivity contribution in [3.63, 3.8) is 0 Å². The molecule has 1 N–H and O–H groups in total. The number of aryl methyl sites for hydroxylation is 1. The minimum absolute atomic E-state index is 0.00204. The molecule has 1 aromatic heterocycles. The molecule has 1 aromatic carbocycles. The number of aromatic nitrogens is 1. The van der Waals surface area contributed by atoms with Crippen LogP contribution < -0.4 is 4.72 Å². The lowest BCUT2D eigenvalue weighted by atomic mass is 10.2. The number of hydrogen-bond acceptors (Lipinski definition) is 6. The van der Waals surface area contributed by atoms with Crippen molar-refractivity contribution < 1.29 is 22.3 Å². The van der Waals surface area contributed by atoms with E-state index in [1.807, 2.05) is 4.72 Å². The highest BCUT2D eigenvalue weighted by Gasteiger charge is 2.25. The van der Waals surface area contributed by atoms with Crippen LogP contribution in [0.5, 0.6) is 0 Å². The lowest BCUT2D eigenvalue weighted by Crippen LogP contribution is -2.31. The minimum Gasteiger partial charge on any atom is -0.371 e. The van der Waals surface area contributed by atoms with E-state index in [1.165, 1.54) is 28.8 Å². The SMILES string of the molecule is Cc1cc(F)cc(S(=O)(=O)NC(=O)c2csc(C3CCCO3)n2)c1. The maximum atomic E-state index is 13.4. The Labute approximate surface area is 142 Å². The molecule has 1 aliphatic heterocycles. The number of nitrogens with zero attached hydrogens (tertiary/aromatic N) is 1. The summed E-state index contributed by atoms with van der Waals surface area (Å²) in [5, 5.41) is 2.13. The maximum Gasteiger partial charge on any atom is 0.284 e. The molecule has 1 unspecified atom stereocenters. The van der Waals surface area contributed by atoms with Gasteiger partial charge in [-0.1, -0.05) is 0 Å². The number of nitrogens with one attached hydrogen (secondary N) is 1. The highest BCUT2D eigenvalue weighted by molar-refractivity contribution is 7.90. The van der Waals surface area contributed by atoms with Crippen LogP contribution in [0.4, 0.5) is 4.39 Å². The van der Waals surface area contributed by atoms with Gasteiger partial charge in [-0.3, -0.25) is 4.79 Å². The number of rotatable bonds is 4. The van der Waals surface area contributed by atoms with E-state index < -0.39 is 21.7 Å². The first-order valence-electron chi connectivity index (χ1n) is 7.26. The van der Waals surface area contributed by atoms with E-state index in [-0.39, 0.29) is 16.7 Å². The Morgan fingerprint density at radius 2 is 2.21 bits per heavy atom.